The highest BCUT2D eigenvalue weighted by atomic mass is 32.1. The lowest BCUT2D eigenvalue weighted by Gasteiger charge is -2.13. The van der Waals surface area contributed by atoms with E-state index in [0.717, 1.165) is 17.8 Å². The number of amides is 1. The zero-order chi connectivity index (χ0) is 16.9. The van der Waals surface area contributed by atoms with Crippen molar-refractivity contribution in [3.63, 3.8) is 0 Å². The number of nitrogens with one attached hydrogen (secondary N) is 1. The second-order valence-electron chi connectivity index (χ2n) is 5.79. The lowest BCUT2D eigenvalue weighted by Crippen LogP contribution is -2.33. The largest absolute Gasteiger partial charge is 0.349 e. The SMILES string of the molecule is Cc1nnnn1Cc1ccc(C(=O)N[C@H](C)Cc2ccsc2)cc1. The van der Waals surface area contributed by atoms with Gasteiger partial charge in [0.05, 0.1) is 6.54 Å². The maximum absolute atomic E-state index is 12.3. The molecule has 1 atom stereocenters. The van der Waals surface area contributed by atoms with E-state index in [1.807, 2.05) is 38.1 Å². The van der Waals surface area contributed by atoms with E-state index in [-0.39, 0.29) is 11.9 Å². The Morgan fingerprint density at radius 1 is 1.25 bits per heavy atom. The highest BCUT2D eigenvalue weighted by molar-refractivity contribution is 7.07. The van der Waals surface area contributed by atoms with Crippen molar-refractivity contribution < 1.29 is 4.79 Å². The van der Waals surface area contributed by atoms with Crippen LogP contribution in [0.2, 0.25) is 0 Å². The van der Waals surface area contributed by atoms with Gasteiger partial charge in [-0.2, -0.15) is 11.3 Å². The van der Waals surface area contributed by atoms with Gasteiger partial charge in [-0.05, 0) is 70.8 Å². The fraction of sp³-hybridized carbons (Fsp3) is 0.294. The topological polar surface area (TPSA) is 72.7 Å². The Morgan fingerprint density at radius 2 is 2.04 bits per heavy atom. The standard InChI is InChI=1S/C17H19N5OS/c1-12(9-15-7-8-24-11-15)18-17(23)16-5-3-14(4-6-16)10-22-13(2)19-20-21-22/h3-8,11-12H,9-10H2,1-2H3,(H,18,23)/t12-/m1/s1. The van der Waals surface area contributed by atoms with E-state index in [9.17, 15) is 4.79 Å². The lowest BCUT2D eigenvalue weighted by atomic mass is 10.1. The molecule has 0 aliphatic rings. The summed E-state index contributed by atoms with van der Waals surface area (Å²) in [5.74, 6) is 0.710. The van der Waals surface area contributed by atoms with Crippen LogP contribution in [0, 0.1) is 6.92 Å². The highest BCUT2D eigenvalue weighted by Crippen LogP contribution is 2.10. The van der Waals surface area contributed by atoms with Gasteiger partial charge in [0.2, 0.25) is 0 Å². The van der Waals surface area contributed by atoms with Gasteiger partial charge < -0.3 is 5.32 Å². The number of rotatable bonds is 6. The summed E-state index contributed by atoms with van der Waals surface area (Å²) >= 11 is 1.67. The van der Waals surface area contributed by atoms with Crippen LogP contribution in [0.25, 0.3) is 0 Å². The molecular weight excluding hydrogens is 322 g/mol. The van der Waals surface area contributed by atoms with E-state index >= 15 is 0 Å². The van der Waals surface area contributed by atoms with Gasteiger partial charge in [0.25, 0.3) is 5.91 Å². The highest BCUT2D eigenvalue weighted by Gasteiger charge is 2.11. The predicted molar refractivity (Wildman–Crippen MR) is 93.0 cm³/mol. The van der Waals surface area contributed by atoms with Crippen molar-refractivity contribution in [2.45, 2.75) is 32.9 Å². The third-order valence-electron chi connectivity index (χ3n) is 3.76. The molecule has 0 radical (unpaired) electrons. The van der Waals surface area contributed by atoms with E-state index in [2.05, 4.69) is 37.7 Å². The second kappa shape index (κ2) is 7.35. The van der Waals surface area contributed by atoms with Crippen LogP contribution >= 0.6 is 11.3 Å². The molecule has 2 aromatic heterocycles. The van der Waals surface area contributed by atoms with Crippen LogP contribution in [0.15, 0.2) is 41.1 Å². The third-order valence-corrected chi connectivity index (χ3v) is 4.49. The minimum absolute atomic E-state index is 0.0529. The fourth-order valence-corrected chi connectivity index (χ4v) is 3.13. The molecule has 1 amide bonds. The van der Waals surface area contributed by atoms with Crippen molar-refractivity contribution in [2.75, 3.05) is 0 Å². The Hall–Kier alpha value is -2.54. The summed E-state index contributed by atoms with van der Waals surface area (Å²) in [5, 5.41) is 18.6. The first kappa shape index (κ1) is 16.3. The first-order valence-corrected chi connectivity index (χ1v) is 8.70. The molecule has 0 spiro atoms. The molecule has 0 saturated heterocycles. The molecule has 6 nitrogen and oxygen atoms in total. The Morgan fingerprint density at radius 3 is 2.67 bits per heavy atom. The molecule has 24 heavy (non-hydrogen) atoms. The van der Waals surface area contributed by atoms with Gasteiger partial charge in [0.1, 0.15) is 5.82 Å². The van der Waals surface area contributed by atoms with Crippen molar-refractivity contribution in [1.29, 1.82) is 0 Å². The van der Waals surface area contributed by atoms with E-state index in [1.165, 1.54) is 5.56 Å². The summed E-state index contributed by atoms with van der Waals surface area (Å²) in [7, 11) is 0. The molecule has 1 N–H and O–H groups in total. The summed E-state index contributed by atoms with van der Waals surface area (Å²) < 4.78 is 1.72. The number of tetrazole rings is 1. The number of hydrogen-bond donors (Lipinski definition) is 1. The summed E-state index contributed by atoms with van der Waals surface area (Å²) in [6.07, 6.45) is 0.839. The number of carbonyl (C=O) groups is 1. The minimum Gasteiger partial charge on any atom is -0.349 e. The molecular formula is C17H19N5OS. The third kappa shape index (κ3) is 4.05. The maximum atomic E-state index is 12.3. The monoisotopic (exact) mass is 341 g/mol. The number of nitrogens with zero attached hydrogens (tertiary/aromatic N) is 4. The molecule has 124 valence electrons. The Balaban J connectivity index is 1.58. The van der Waals surface area contributed by atoms with Gasteiger partial charge in [-0.15, -0.1) is 5.10 Å². The summed E-state index contributed by atoms with van der Waals surface area (Å²) in [6, 6.07) is 9.71. The molecule has 0 saturated carbocycles. The maximum Gasteiger partial charge on any atom is 0.251 e. The van der Waals surface area contributed by atoms with Gasteiger partial charge >= 0.3 is 0 Å². The van der Waals surface area contributed by atoms with Crippen molar-refractivity contribution in [2.24, 2.45) is 0 Å². The van der Waals surface area contributed by atoms with Crippen LogP contribution in [0.1, 0.15) is 34.2 Å². The average Bonchev–Trinajstić information content (AvgIpc) is 3.20. The van der Waals surface area contributed by atoms with Crippen LogP contribution in [0.3, 0.4) is 0 Å². The first-order valence-electron chi connectivity index (χ1n) is 7.75. The van der Waals surface area contributed by atoms with Crippen LogP contribution in [-0.2, 0) is 13.0 Å². The zero-order valence-corrected chi connectivity index (χ0v) is 14.5. The fourth-order valence-electron chi connectivity index (χ4n) is 2.45. The molecule has 0 fully saturated rings. The second-order valence-corrected chi connectivity index (χ2v) is 6.57. The smallest absolute Gasteiger partial charge is 0.251 e. The Kier molecular flexibility index (Phi) is 5.00. The summed E-state index contributed by atoms with van der Waals surface area (Å²) in [4.78, 5) is 12.3. The van der Waals surface area contributed by atoms with Crippen LogP contribution in [-0.4, -0.2) is 32.2 Å². The summed E-state index contributed by atoms with van der Waals surface area (Å²) in [6.45, 7) is 4.47. The van der Waals surface area contributed by atoms with Gasteiger partial charge in [-0.3, -0.25) is 4.79 Å². The molecule has 0 bridgehead atoms. The molecule has 0 aliphatic carbocycles. The number of benzene rings is 1. The van der Waals surface area contributed by atoms with Crippen molar-refractivity contribution >= 4 is 17.2 Å². The minimum atomic E-state index is -0.0529. The van der Waals surface area contributed by atoms with E-state index in [4.69, 9.17) is 0 Å². The van der Waals surface area contributed by atoms with Crippen molar-refractivity contribution in [3.05, 3.63) is 63.6 Å². The number of aryl methyl sites for hydroxylation is 1. The van der Waals surface area contributed by atoms with E-state index in [0.29, 0.717) is 12.1 Å². The lowest BCUT2D eigenvalue weighted by molar-refractivity contribution is 0.0940. The van der Waals surface area contributed by atoms with Crippen LogP contribution < -0.4 is 5.32 Å². The average molecular weight is 341 g/mol. The van der Waals surface area contributed by atoms with Crippen molar-refractivity contribution in [3.8, 4) is 0 Å². The first-order chi connectivity index (χ1) is 11.6. The number of aromatic nitrogens is 4. The van der Waals surface area contributed by atoms with Gasteiger partial charge in [0, 0.05) is 11.6 Å². The Labute approximate surface area is 144 Å². The molecule has 3 aromatic rings. The normalized spacial score (nSPS) is 12.1. The van der Waals surface area contributed by atoms with Crippen molar-refractivity contribution in [1.82, 2.24) is 25.5 Å². The molecule has 7 heteroatoms. The van der Waals surface area contributed by atoms with Gasteiger partial charge in [-0.25, -0.2) is 4.68 Å². The Bertz CT molecular complexity index is 795. The summed E-state index contributed by atoms with van der Waals surface area (Å²) in [5.41, 5.74) is 2.96. The number of carbonyl (C=O) groups excluding carboxylic acids is 1. The van der Waals surface area contributed by atoms with Crippen LogP contribution in [0.5, 0.6) is 0 Å². The molecule has 0 unspecified atom stereocenters. The molecule has 1 aromatic carbocycles. The quantitative estimate of drug-likeness (QED) is 0.747. The predicted octanol–water partition coefficient (Wildman–Crippen LogP) is 2.45. The van der Waals surface area contributed by atoms with E-state index in [1.54, 1.807) is 16.0 Å². The number of hydrogen-bond acceptors (Lipinski definition) is 5. The molecule has 0 aliphatic heterocycles. The van der Waals surface area contributed by atoms with Gasteiger partial charge in [0.15, 0.2) is 0 Å². The molecule has 2 heterocycles. The number of thiophene rings is 1. The van der Waals surface area contributed by atoms with Gasteiger partial charge in [-0.1, -0.05) is 12.1 Å². The van der Waals surface area contributed by atoms with E-state index < -0.39 is 0 Å². The van der Waals surface area contributed by atoms with Crippen LogP contribution in [0.4, 0.5) is 0 Å². The zero-order valence-electron chi connectivity index (χ0n) is 13.6. The molecule has 3 rings (SSSR count).